The van der Waals surface area contributed by atoms with E-state index in [0.29, 0.717) is 17.1 Å². The summed E-state index contributed by atoms with van der Waals surface area (Å²) in [5.74, 6) is -0.485. The minimum Gasteiger partial charge on any atom is -0.497 e. The highest BCUT2D eigenvalue weighted by molar-refractivity contribution is 6.39. The highest BCUT2D eigenvalue weighted by Gasteiger charge is 2.36. The molecule has 1 fully saturated rings. The number of nitro groups is 1. The Morgan fingerprint density at radius 3 is 2.24 bits per heavy atom. The molecular formula is C23H16N4O7. The lowest BCUT2D eigenvalue weighted by Crippen LogP contribution is -2.54. The molecule has 11 heteroatoms. The number of urea groups is 1. The topological polar surface area (TPSA) is 141 Å². The molecule has 2 aromatic carbocycles. The Kier molecular flexibility index (Phi) is 5.99. The van der Waals surface area contributed by atoms with E-state index in [1.165, 1.54) is 37.5 Å². The Morgan fingerprint density at radius 2 is 1.65 bits per heavy atom. The molecule has 0 atom stereocenters. The number of carbonyl (C=O) groups is 3. The number of ether oxygens (including phenoxy) is 2. The van der Waals surface area contributed by atoms with Gasteiger partial charge in [-0.15, -0.1) is 0 Å². The molecule has 170 valence electrons. The van der Waals surface area contributed by atoms with E-state index in [1.54, 1.807) is 36.4 Å². The molecule has 1 saturated heterocycles. The Labute approximate surface area is 192 Å². The fourth-order valence-corrected chi connectivity index (χ4v) is 3.08. The van der Waals surface area contributed by atoms with Crippen molar-refractivity contribution in [2.45, 2.75) is 0 Å². The molecule has 0 aliphatic carbocycles. The van der Waals surface area contributed by atoms with E-state index in [0.717, 1.165) is 11.1 Å². The summed E-state index contributed by atoms with van der Waals surface area (Å²) in [4.78, 5) is 52.5. The minimum atomic E-state index is -0.850. The molecule has 0 bridgehead atoms. The summed E-state index contributed by atoms with van der Waals surface area (Å²) >= 11 is 0. The number of methoxy groups -OCH3 is 1. The summed E-state index contributed by atoms with van der Waals surface area (Å²) in [6.07, 6.45) is 2.44. The summed E-state index contributed by atoms with van der Waals surface area (Å²) in [5.41, 5.74) is 0.403. The number of hydrogen-bond acceptors (Lipinski definition) is 8. The van der Waals surface area contributed by atoms with Crippen LogP contribution in [0.1, 0.15) is 5.56 Å². The minimum absolute atomic E-state index is 0.159. The van der Waals surface area contributed by atoms with Crippen LogP contribution < -0.4 is 19.7 Å². The van der Waals surface area contributed by atoms with Crippen LogP contribution in [0.4, 0.5) is 16.2 Å². The number of imide groups is 2. The van der Waals surface area contributed by atoms with Gasteiger partial charge in [0.15, 0.2) is 0 Å². The van der Waals surface area contributed by atoms with Gasteiger partial charge in [-0.05, 0) is 48.0 Å². The number of rotatable bonds is 6. The van der Waals surface area contributed by atoms with E-state index in [9.17, 15) is 24.5 Å². The molecule has 3 aromatic rings. The van der Waals surface area contributed by atoms with Gasteiger partial charge >= 0.3 is 6.03 Å². The summed E-state index contributed by atoms with van der Waals surface area (Å²) in [6, 6.07) is 14.4. The lowest BCUT2D eigenvalue weighted by Gasteiger charge is -2.26. The highest BCUT2D eigenvalue weighted by Crippen LogP contribution is 2.26. The second-order valence-corrected chi connectivity index (χ2v) is 6.94. The van der Waals surface area contributed by atoms with Gasteiger partial charge in [-0.3, -0.25) is 25.0 Å². The number of aromatic nitrogens is 1. The zero-order valence-electron chi connectivity index (χ0n) is 17.6. The van der Waals surface area contributed by atoms with Gasteiger partial charge in [0.2, 0.25) is 5.88 Å². The summed E-state index contributed by atoms with van der Waals surface area (Å²) < 4.78 is 10.6. The van der Waals surface area contributed by atoms with Crippen molar-refractivity contribution in [3.05, 3.63) is 88.1 Å². The predicted octanol–water partition coefficient (Wildman–Crippen LogP) is 3.46. The lowest BCUT2D eigenvalue weighted by atomic mass is 10.1. The molecule has 2 heterocycles. The van der Waals surface area contributed by atoms with Crippen LogP contribution in [-0.4, -0.2) is 34.9 Å². The van der Waals surface area contributed by atoms with E-state index in [1.807, 2.05) is 0 Å². The standard InChI is InChI=1S/C23H16N4O7/c1-33-17-9-4-15(5-10-17)26-22(29)19(21(28)25-23(26)30)12-14-2-7-18(8-3-14)34-20-11-6-16(13-24-20)27(31)32/h2-13H,1H3,(H,25,28,30). The molecule has 1 aliphatic rings. The van der Waals surface area contributed by atoms with Crippen LogP contribution in [0.2, 0.25) is 0 Å². The van der Waals surface area contributed by atoms with Crippen LogP contribution >= 0.6 is 0 Å². The van der Waals surface area contributed by atoms with Crippen LogP contribution in [0.15, 0.2) is 72.4 Å². The molecule has 1 N–H and O–H groups in total. The molecule has 0 unspecified atom stereocenters. The maximum atomic E-state index is 13.0. The number of carbonyl (C=O) groups excluding carboxylic acids is 3. The first kappa shape index (κ1) is 22.1. The van der Waals surface area contributed by atoms with Gasteiger partial charge in [0.25, 0.3) is 17.5 Å². The van der Waals surface area contributed by atoms with Crippen LogP contribution in [0.5, 0.6) is 17.4 Å². The van der Waals surface area contributed by atoms with Crippen LogP contribution in [0.3, 0.4) is 0 Å². The fraction of sp³-hybridized carbons (Fsp3) is 0.0435. The van der Waals surface area contributed by atoms with E-state index in [2.05, 4.69) is 10.3 Å². The third-order valence-corrected chi connectivity index (χ3v) is 4.78. The number of benzene rings is 2. The van der Waals surface area contributed by atoms with Crippen LogP contribution in [0, 0.1) is 10.1 Å². The van der Waals surface area contributed by atoms with Crippen LogP contribution in [0.25, 0.3) is 6.08 Å². The van der Waals surface area contributed by atoms with Gasteiger partial charge in [-0.25, -0.2) is 14.7 Å². The number of nitrogens with zero attached hydrogens (tertiary/aromatic N) is 3. The summed E-state index contributed by atoms with van der Waals surface area (Å²) in [5, 5.41) is 12.9. The van der Waals surface area contributed by atoms with E-state index >= 15 is 0 Å². The molecule has 4 amide bonds. The second kappa shape index (κ2) is 9.20. The Bertz CT molecular complexity index is 1300. The number of nitrogens with one attached hydrogen (secondary N) is 1. The molecule has 1 aliphatic heterocycles. The van der Waals surface area contributed by atoms with Crippen molar-refractivity contribution in [3.63, 3.8) is 0 Å². The maximum Gasteiger partial charge on any atom is 0.335 e. The first-order chi connectivity index (χ1) is 16.4. The van der Waals surface area contributed by atoms with Crippen molar-refractivity contribution in [2.75, 3.05) is 12.0 Å². The number of hydrogen-bond donors (Lipinski definition) is 1. The van der Waals surface area contributed by atoms with Crippen LogP contribution in [-0.2, 0) is 9.59 Å². The second-order valence-electron chi connectivity index (χ2n) is 6.94. The molecule has 0 radical (unpaired) electrons. The van der Waals surface area contributed by atoms with Crippen molar-refractivity contribution in [2.24, 2.45) is 0 Å². The molecule has 34 heavy (non-hydrogen) atoms. The van der Waals surface area contributed by atoms with Gasteiger partial charge in [0.1, 0.15) is 23.3 Å². The number of pyridine rings is 1. The van der Waals surface area contributed by atoms with Gasteiger partial charge < -0.3 is 9.47 Å². The van der Waals surface area contributed by atoms with E-state index < -0.39 is 22.8 Å². The van der Waals surface area contributed by atoms with Crippen molar-refractivity contribution in [3.8, 4) is 17.4 Å². The molecule has 0 saturated carbocycles. The average molecular weight is 460 g/mol. The largest absolute Gasteiger partial charge is 0.497 e. The summed E-state index contributed by atoms with van der Waals surface area (Å²) in [7, 11) is 1.49. The Morgan fingerprint density at radius 1 is 0.971 bits per heavy atom. The van der Waals surface area contributed by atoms with Gasteiger partial charge in [0, 0.05) is 12.1 Å². The van der Waals surface area contributed by atoms with Gasteiger partial charge in [0.05, 0.1) is 17.7 Å². The Balaban J connectivity index is 1.53. The molecular weight excluding hydrogens is 444 g/mol. The van der Waals surface area contributed by atoms with E-state index in [-0.39, 0.29) is 22.8 Å². The normalized spacial score (nSPS) is 14.7. The third-order valence-electron chi connectivity index (χ3n) is 4.78. The number of barbiturate groups is 1. The van der Waals surface area contributed by atoms with Crippen molar-refractivity contribution >= 4 is 35.3 Å². The smallest absolute Gasteiger partial charge is 0.335 e. The maximum absolute atomic E-state index is 13.0. The highest BCUT2D eigenvalue weighted by atomic mass is 16.6. The monoisotopic (exact) mass is 460 g/mol. The number of amides is 4. The Hall–Kier alpha value is -5.06. The zero-order chi connectivity index (χ0) is 24.2. The van der Waals surface area contributed by atoms with Crippen molar-refractivity contribution in [1.82, 2.24) is 10.3 Å². The van der Waals surface area contributed by atoms with Gasteiger partial charge in [-0.1, -0.05) is 12.1 Å². The van der Waals surface area contributed by atoms with Crippen molar-refractivity contribution < 1.29 is 28.8 Å². The molecule has 1 aromatic heterocycles. The van der Waals surface area contributed by atoms with Gasteiger partial charge in [-0.2, -0.15) is 0 Å². The first-order valence-electron chi connectivity index (χ1n) is 9.79. The first-order valence-corrected chi connectivity index (χ1v) is 9.79. The quantitative estimate of drug-likeness (QED) is 0.255. The SMILES string of the molecule is COc1ccc(N2C(=O)NC(=O)C(=Cc3ccc(Oc4ccc([N+](=O)[O-])cn4)cc3)C2=O)cc1. The molecule has 4 rings (SSSR count). The molecule has 11 nitrogen and oxygen atoms in total. The number of anilines is 1. The molecule has 0 spiro atoms. The third kappa shape index (κ3) is 4.58. The van der Waals surface area contributed by atoms with Crippen molar-refractivity contribution in [1.29, 1.82) is 0 Å². The summed E-state index contributed by atoms with van der Waals surface area (Å²) in [6.45, 7) is 0. The lowest BCUT2D eigenvalue weighted by molar-refractivity contribution is -0.385. The fourth-order valence-electron chi connectivity index (χ4n) is 3.08. The van der Waals surface area contributed by atoms with E-state index in [4.69, 9.17) is 9.47 Å². The average Bonchev–Trinajstić information content (AvgIpc) is 2.83. The zero-order valence-corrected chi connectivity index (χ0v) is 17.6. The predicted molar refractivity (Wildman–Crippen MR) is 119 cm³/mol.